The van der Waals surface area contributed by atoms with Crippen molar-refractivity contribution < 1.29 is 0 Å². The van der Waals surface area contributed by atoms with Gasteiger partial charge in [-0.15, -0.1) is 11.3 Å². The number of halogens is 1. The molecule has 0 spiro atoms. The maximum absolute atomic E-state index is 6.08. The molecule has 7 nitrogen and oxygen atoms in total. The number of aromatic nitrogens is 5. The van der Waals surface area contributed by atoms with Crippen LogP contribution >= 0.6 is 22.9 Å². The van der Waals surface area contributed by atoms with Crippen LogP contribution in [-0.4, -0.2) is 31.4 Å². The third-order valence-corrected chi connectivity index (χ3v) is 5.45. The Bertz CT molecular complexity index is 1330. The van der Waals surface area contributed by atoms with Gasteiger partial charge in [-0.05, 0) is 29.3 Å². The Kier molecular flexibility index (Phi) is 4.92. The minimum Gasteiger partial charge on any atom is -0.339 e. The highest BCUT2D eigenvalue weighted by molar-refractivity contribution is 7.13. The Labute approximate surface area is 180 Å². The van der Waals surface area contributed by atoms with Gasteiger partial charge in [0.15, 0.2) is 11.5 Å². The maximum atomic E-state index is 6.08. The van der Waals surface area contributed by atoms with E-state index in [0.717, 1.165) is 21.7 Å². The first-order valence-electron chi connectivity index (χ1n) is 9.01. The van der Waals surface area contributed by atoms with E-state index in [-0.39, 0.29) is 0 Å². The van der Waals surface area contributed by atoms with E-state index in [1.54, 1.807) is 17.6 Å². The molecule has 146 valence electrons. The molecule has 9 heteroatoms. The number of benzene rings is 2. The summed E-state index contributed by atoms with van der Waals surface area (Å²) in [4.78, 5) is 18.4. The van der Waals surface area contributed by atoms with Crippen molar-refractivity contribution in [3.05, 3.63) is 77.2 Å². The summed E-state index contributed by atoms with van der Waals surface area (Å²) >= 11 is 7.69. The molecule has 2 aromatic carbocycles. The molecular weight excluding hydrogens is 418 g/mol. The maximum Gasteiger partial charge on any atom is 0.186 e. The first-order chi connectivity index (χ1) is 14.8. The van der Waals surface area contributed by atoms with E-state index in [4.69, 9.17) is 11.6 Å². The number of aromatic amines is 1. The van der Waals surface area contributed by atoms with Crippen molar-refractivity contribution in [3.63, 3.8) is 0 Å². The molecule has 0 aliphatic rings. The Morgan fingerprint density at radius 1 is 1.10 bits per heavy atom. The van der Waals surface area contributed by atoms with Gasteiger partial charge >= 0.3 is 0 Å². The summed E-state index contributed by atoms with van der Waals surface area (Å²) in [7, 11) is 0. The standard InChI is InChI=1S/C21H14ClN7S/c22-15-2-1-3-16(8-15)27-19-18-20(28-29-21(18)26-11-25-19)24-9-13-4-6-14(7-5-13)17-10-23-12-30-17/h1-12H,(H2,25,26,27,28,29)/b24-9+. The molecule has 0 aliphatic heterocycles. The average Bonchev–Trinajstić information content (AvgIpc) is 3.44. The topological polar surface area (TPSA) is 91.7 Å². The highest BCUT2D eigenvalue weighted by Gasteiger charge is 2.12. The molecule has 3 heterocycles. The van der Waals surface area contributed by atoms with E-state index in [0.29, 0.717) is 27.7 Å². The second-order valence-corrected chi connectivity index (χ2v) is 7.70. The molecule has 0 amide bonds. The van der Waals surface area contributed by atoms with Crippen LogP contribution in [0.4, 0.5) is 17.3 Å². The lowest BCUT2D eigenvalue weighted by molar-refractivity contribution is 1.08. The van der Waals surface area contributed by atoms with Gasteiger partial charge in [0.05, 0.1) is 10.4 Å². The third kappa shape index (κ3) is 3.78. The van der Waals surface area contributed by atoms with Crippen LogP contribution in [0.3, 0.4) is 0 Å². The Morgan fingerprint density at radius 3 is 2.80 bits per heavy atom. The second kappa shape index (κ2) is 8.02. The first kappa shape index (κ1) is 18.4. The van der Waals surface area contributed by atoms with Gasteiger partial charge in [-0.2, -0.15) is 5.10 Å². The Hall–Kier alpha value is -3.62. The van der Waals surface area contributed by atoms with Gasteiger partial charge in [0, 0.05) is 23.1 Å². The lowest BCUT2D eigenvalue weighted by Gasteiger charge is -2.06. The molecular formula is C21H14ClN7S. The highest BCUT2D eigenvalue weighted by Crippen LogP contribution is 2.30. The fourth-order valence-corrected chi connectivity index (χ4v) is 3.78. The van der Waals surface area contributed by atoms with Crippen LogP contribution in [0.15, 0.2) is 71.6 Å². The number of fused-ring (bicyclic) bond motifs is 1. The van der Waals surface area contributed by atoms with Crippen molar-refractivity contribution in [2.24, 2.45) is 4.99 Å². The number of aliphatic imine (C=N–C) groups is 1. The van der Waals surface area contributed by atoms with Crippen molar-refractivity contribution >= 4 is 57.5 Å². The Morgan fingerprint density at radius 2 is 2.00 bits per heavy atom. The molecule has 5 rings (SSSR count). The summed E-state index contributed by atoms with van der Waals surface area (Å²) in [5.41, 5.74) is 5.33. The summed E-state index contributed by atoms with van der Waals surface area (Å²) in [6, 6.07) is 15.5. The molecule has 2 N–H and O–H groups in total. The predicted molar refractivity (Wildman–Crippen MR) is 121 cm³/mol. The number of hydrogen-bond acceptors (Lipinski definition) is 7. The van der Waals surface area contributed by atoms with Crippen LogP contribution in [0, 0.1) is 0 Å². The molecule has 0 unspecified atom stereocenters. The van der Waals surface area contributed by atoms with E-state index in [9.17, 15) is 0 Å². The van der Waals surface area contributed by atoms with Crippen LogP contribution in [0.2, 0.25) is 5.02 Å². The average molecular weight is 432 g/mol. The Balaban J connectivity index is 1.44. The van der Waals surface area contributed by atoms with Crippen molar-refractivity contribution in [3.8, 4) is 10.4 Å². The van der Waals surface area contributed by atoms with Crippen LogP contribution in [-0.2, 0) is 0 Å². The van der Waals surface area contributed by atoms with Crippen molar-refractivity contribution in [1.82, 2.24) is 25.1 Å². The molecule has 0 saturated heterocycles. The van der Waals surface area contributed by atoms with Gasteiger partial charge in [0.2, 0.25) is 0 Å². The van der Waals surface area contributed by atoms with Crippen LogP contribution in [0.1, 0.15) is 5.56 Å². The van der Waals surface area contributed by atoms with E-state index >= 15 is 0 Å². The molecule has 0 radical (unpaired) electrons. The predicted octanol–water partition coefficient (Wildman–Crippen LogP) is 5.62. The molecule has 3 aromatic heterocycles. The third-order valence-electron chi connectivity index (χ3n) is 4.39. The number of thiazole rings is 1. The molecule has 0 fully saturated rings. The lowest BCUT2D eigenvalue weighted by Crippen LogP contribution is -1.95. The van der Waals surface area contributed by atoms with Crippen molar-refractivity contribution in [2.75, 3.05) is 5.32 Å². The van der Waals surface area contributed by atoms with E-state index in [2.05, 4.69) is 35.5 Å². The SMILES string of the molecule is Clc1cccc(Nc2ncnc3[nH]nc(/N=C/c4ccc(-c5cncs5)cc4)c23)c1. The zero-order valence-electron chi connectivity index (χ0n) is 15.5. The quantitative estimate of drug-likeness (QED) is 0.352. The zero-order chi connectivity index (χ0) is 20.3. The smallest absolute Gasteiger partial charge is 0.186 e. The molecule has 0 aliphatic carbocycles. The minimum atomic E-state index is 0.502. The monoisotopic (exact) mass is 431 g/mol. The van der Waals surface area contributed by atoms with Crippen LogP contribution < -0.4 is 5.32 Å². The number of nitrogens with zero attached hydrogens (tertiary/aromatic N) is 5. The number of rotatable bonds is 5. The van der Waals surface area contributed by atoms with Gasteiger partial charge in [0.25, 0.3) is 0 Å². The first-order valence-corrected chi connectivity index (χ1v) is 10.3. The zero-order valence-corrected chi connectivity index (χ0v) is 17.0. The van der Waals surface area contributed by atoms with Gasteiger partial charge in [-0.1, -0.05) is 41.9 Å². The number of H-pyrrole nitrogens is 1. The summed E-state index contributed by atoms with van der Waals surface area (Å²) in [5.74, 6) is 1.10. The summed E-state index contributed by atoms with van der Waals surface area (Å²) in [5, 5.41) is 11.8. The molecule has 0 atom stereocenters. The summed E-state index contributed by atoms with van der Waals surface area (Å²) in [6.07, 6.45) is 5.10. The van der Waals surface area contributed by atoms with Crippen molar-refractivity contribution in [2.45, 2.75) is 0 Å². The number of hydrogen-bond donors (Lipinski definition) is 2. The fourth-order valence-electron chi connectivity index (χ4n) is 2.96. The van der Waals surface area contributed by atoms with E-state index in [1.807, 2.05) is 60.2 Å². The normalized spacial score (nSPS) is 11.4. The fraction of sp³-hybridized carbons (Fsp3) is 0. The van der Waals surface area contributed by atoms with Crippen LogP contribution in [0.5, 0.6) is 0 Å². The van der Waals surface area contributed by atoms with Gasteiger partial charge < -0.3 is 5.32 Å². The number of anilines is 2. The largest absolute Gasteiger partial charge is 0.339 e. The van der Waals surface area contributed by atoms with E-state index in [1.165, 1.54) is 6.33 Å². The molecule has 0 saturated carbocycles. The van der Waals surface area contributed by atoms with E-state index < -0.39 is 0 Å². The van der Waals surface area contributed by atoms with Gasteiger partial charge in [0.1, 0.15) is 17.5 Å². The lowest BCUT2D eigenvalue weighted by atomic mass is 10.1. The second-order valence-electron chi connectivity index (χ2n) is 6.37. The number of nitrogens with one attached hydrogen (secondary N) is 2. The molecule has 0 bridgehead atoms. The summed E-state index contributed by atoms with van der Waals surface area (Å²) in [6.45, 7) is 0. The van der Waals surface area contributed by atoms with Crippen LogP contribution in [0.25, 0.3) is 21.5 Å². The molecule has 30 heavy (non-hydrogen) atoms. The minimum absolute atomic E-state index is 0.502. The molecule has 5 aromatic rings. The van der Waals surface area contributed by atoms with Crippen molar-refractivity contribution in [1.29, 1.82) is 0 Å². The summed E-state index contributed by atoms with van der Waals surface area (Å²) < 4.78 is 0. The van der Waals surface area contributed by atoms with Gasteiger partial charge in [-0.25, -0.2) is 15.0 Å². The highest BCUT2D eigenvalue weighted by atomic mass is 35.5. The van der Waals surface area contributed by atoms with Gasteiger partial charge in [-0.3, -0.25) is 10.1 Å².